The molecule has 3 atom stereocenters. The lowest BCUT2D eigenvalue weighted by Crippen LogP contribution is -2.53. The number of carbonyl (C=O) groups is 2. The van der Waals surface area contributed by atoms with Crippen LogP contribution in [0.25, 0.3) is 0 Å². The lowest BCUT2D eigenvalue weighted by molar-refractivity contribution is -0.148. The molecule has 0 aromatic carbocycles. The summed E-state index contributed by atoms with van der Waals surface area (Å²) in [4.78, 5) is 24.4. The smallest absolute Gasteiger partial charge is 0.326 e. The molecule has 0 saturated carbocycles. The maximum absolute atomic E-state index is 12.1. The van der Waals surface area contributed by atoms with Gasteiger partial charge in [0.2, 0.25) is 5.91 Å². The number of carboxylic acids is 1. The number of aliphatic carboxylic acids is 1. The molecule has 2 aliphatic rings. The van der Waals surface area contributed by atoms with Crippen molar-refractivity contribution in [2.45, 2.75) is 24.6 Å². The van der Waals surface area contributed by atoms with Gasteiger partial charge in [0, 0.05) is 31.0 Å². The Bertz CT molecular complexity index is 319. The average Bonchev–Trinajstić information content (AvgIpc) is 2.72. The molecule has 0 aromatic heterocycles. The Labute approximate surface area is 103 Å². The number of nitrogens with zero attached hydrogens (tertiary/aromatic N) is 1. The number of aliphatic hydroxyl groups is 1. The fourth-order valence-electron chi connectivity index (χ4n) is 2.22. The lowest BCUT2D eigenvalue weighted by Gasteiger charge is -2.29. The van der Waals surface area contributed by atoms with E-state index < -0.39 is 18.1 Å². The van der Waals surface area contributed by atoms with Crippen LogP contribution in [0.3, 0.4) is 0 Å². The molecule has 2 aliphatic heterocycles. The Morgan fingerprint density at radius 2 is 2.18 bits per heavy atom. The number of amides is 1. The summed E-state index contributed by atoms with van der Waals surface area (Å²) in [6, 6.07) is -1.20. The molecule has 2 saturated heterocycles. The van der Waals surface area contributed by atoms with E-state index in [1.54, 1.807) is 11.8 Å². The van der Waals surface area contributed by atoms with E-state index in [9.17, 15) is 14.7 Å². The first kappa shape index (κ1) is 12.7. The quantitative estimate of drug-likeness (QED) is 0.574. The van der Waals surface area contributed by atoms with E-state index >= 15 is 0 Å². The Morgan fingerprint density at radius 3 is 2.76 bits per heavy atom. The minimum atomic E-state index is -1.04. The van der Waals surface area contributed by atoms with E-state index in [1.165, 1.54) is 4.90 Å². The van der Waals surface area contributed by atoms with E-state index in [-0.39, 0.29) is 24.9 Å². The van der Waals surface area contributed by atoms with Crippen molar-refractivity contribution in [3.63, 3.8) is 0 Å². The van der Waals surface area contributed by atoms with Crippen molar-refractivity contribution in [2.24, 2.45) is 0 Å². The molecule has 0 bridgehead atoms. The van der Waals surface area contributed by atoms with E-state index in [4.69, 9.17) is 5.11 Å². The predicted octanol–water partition coefficient (Wildman–Crippen LogP) is -1.26. The summed E-state index contributed by atoms with van der Waals surface area (Å²) in [6.45, 7) is 0.883. The van der Waals surface area contributed by atoms with Gasteiger partial charge in [-0.05, 0) is 0 Å². The fourth-order valence-corrected chi connectivity index (χ4v) is 3.14. The molecule has 1 amide bonds. The van der Waals surface area contributed by atoms with Crippen molar-refractivity contribution >= 4 is 23.6 Å². The van der Waals surface area contributed by atoms with Crippen LogP contribution in [0.2, 0.25) is 0 Å². The number of β-amino-alcohol motifs (C(OH)–C–C–N with tert-alkyl or cyclic N) is 1. The van der Waals surface area contributed by atoms with Crippen LogP contribution in [0.5, 0.6) is 0 Å². The molecule has 2 rings (SSSR count). The van der Waals surface area contributed by atoms with E-state index in [1.807, 2.05) is 0 Å². The van der Waals surface area contributed by atoms with Gasteiger partial charge in [-0.15, -0.1) is 0 Å². The number of aliphatic hydroxyl groups excluding tert-OH is 1. The SMILES string of the molecule is O=C(O)C1CC(O)CN1C(=O)C1CSCCN1. The third-order valence-electron chi connectivity index (χ3n) is 3.07. The van der Waals surface area contributed by atoms with Crippen LogP contribution in [0.15, 0.2) is 0 Å². The van der Waals surface area contributed by atoms with Crippen molar-refractivity contribution in [2.75, 3.05) is 24.6 Å². The van der Waals surface area contributed by atoms with Crippen LogP contribution in [0, 0.1) is 0 Å². The third-order valence-corrected chi connectivity index (χ3v) is 4.13. The van der Waals surface area contributed by atoms with Gasteiger partial charge in [0.1, 0.15) is 6.04 Å². The molecule has 7 heteroatoms. The zero-order valence-corrected chi connectivity index (χ0v) is 10.2. The molecule has 0 aromatic rings. The topological polar surface area (TPSA) is 89.9 Å². The minimum Gasteiger partial charge on any atom is -0.480 e. The zero-order valence-electron chi connectivity index (χ0n) is 9.33. The largest absolute Gasteiger partial charge is 0.480 e. The van der Waals surface area contributed by atoms with Crippen molar-refractivity contribution in [3.05, 3.63) is 0 Å². The molecule has 2 heterocycles. The molecule has 0 radical (unpaired) electrons. The predicted molar refractivity (Wildman–Crippen MR) is 62.9 cm³/mol. The van der Waals surface area contributed by atoms with Crippen LogP contribution < -0.4 is 5.32 Å². The summed E-state index contributed by atoms with van der Waals surface area (Å²) in [5.74, 6) is 0.381. The molecule has 96 valence electrons. The van der Waals surface area contributed by atoms with Crippen molar-refractivity contribution in [1.82, 2.24) is 10.2 Å². The fraction of sp³-hybridized carbons (Fsp3) is 0.800. The maximum atomic E-state index is 12.1. The van der Waals surface area contributed by atoms with E-state index in [2.05, 4.69) is 5.32 Å². The number of nitrogens with one attached hydrogen (secondary N) is 1. The zero-order chi connectivity index (χ0) is 12.4. The Hall–Kier alpha value is -0.790. The summed E-state index contributed by atoms with van der Waals surface area (Å²) in [7, 11) is 0. The van der Waals surface area contributed by atoms with Gasteiger partial charge in [0.05, 0.1) is 12.1 Å². The van der Waals surface area contributed by atoms with Gasteiger partial charge in [-0.2, -0.15) is 11.8 Å². The first-order chi connectivity index (χ1) is 8.09. The minimum absolute atomic E-state index is 0.124. The average molecular weight is 260 g/mol. The van der Waals surface area contributed by atoms with Crippen molar-refractivity contribution in [3.8, 4) is 0 Å². The Kier molecular flexibility index (Phi) is 3.90. The number of carbonyl (C=O) groups excluding carboxylic acids is 1. The van der Waals surface area contributed by atoms with Gasteiger partial charge in [0.25, 0.3) is 0 Å². The van der Waals surface area contributed by atoms with Crippen LogP contribution >= 0.6 is 11.8 Å². The summed E-state index contributed by atoms with van der Waals surface area (Å²) >= 11 is 1.68. The van der Waals surface area contributed by atoms with Gasteiger partial charge in [-0.25, -0.2) is 4.79 Å². The lowest BCUT2D eigenvalue weighted by atomic mass is 10.2. The second-order valence-corrected chi connectivity index (χ2v) is 5.47. The standard InChI is InChI=1S/C10H16N2O4S/c13-6-3-8(10(15)16)12(4-6)9(14)7-5-17-2-1-11-7/h6-8,11,13H,1-5H2,(H,15,16). The van der Waals surface area contributed by atoms with Crippen LogP contribution in [-0.2, 0) is 9.59 Å². The Morgan fingerprint density at radius 1 is 1.41 bits per heavy atom. The second kappa shape index (κ2) is 5.24. The van der Waals surface area contributed by atoms with Crippen LogP contribution in [0.4, 0.5) is 0 Å². The van der Waals surface area contributed by atoms with Crippen LogP contribution in [0.1, 0.15) is 6.42 Å². The summed E-state index contributed by atoms with van der Waals surface area (Å²) in [5, 5.41) is 21.6. The second-order valence-electron chi connectivity index (χ2n) is 4.32. The highest BCUT2D eigenvalue weighted by Crippen LogP contribution is 2.20. The van der Waals surface area contributed by atoms with Crippen LogP contribution in [-0.4, -0.2) is 69.8 Å². The first-order valence-electron chi connectivity index (χ1n) is 5.62. The van der Waals surface area contributed by atoms with Gasteiger partial charge in [0.15, 0.2) is 0 Å². The van der Waals surface area contributed by atoms with Crippen molar-refractivity contribution in [1.29, 1.82) is 0 Å². The van der Waals surface area contributed by atoms with Gasteiger partial charge >= 0.3 is 5.97 Å². The summed E-state index contributed by atoms with van der Waals surface area (Å²) < 4.78 is 0. The molecule has 3 unspecified atom stereocenters. The normalized spacial score (nSPS) is 33.7. The molecular weight excluding hydrogens is 244 g/mol. The molecule has 0 spiro atoms. The molecule has 2 fully saturated rings. The molecule has 17 heavy (non-hydrogen) atoms. The monoisotopic (exact) mass is 260 g/mol. The van der Waals surface area contributed by atoms with Gasteiger partial charge in [-0.1, -0.05) is 0 Å². The number of carboxylic acid groups (broad SMARTS) is 1. The van der Waals surface area contributed by atoms with E-state index in [0.29, 0.717) is 5.75 Å². The number of hydrogen-bond acceptors (Lipinski definition) is 5. The highest BCUT2D eigenvalue weighted by Gasteiger charge is 2.41. The highest BCUT2D eigenvalue weighted by molar-refractivity contribution is 7.99. The van der Waals surface area contributed by atoms with Crippen molar-refractivity contribution < 1.29 is 19.8 Å². The van der Waals surface area contributed by atoms with Gasteiger partial charge < -0.3 is 20.4 Å². The highest BCUT2D eigenvalue weighted by atomic mass is 32.2. The van der Waals surface area contributed by atoms with E-state index in [0.717, 1.165) is 12.3 Å². The molecular formula is C10H16N2O4S. The first-order valence-corrected chi connectivity index (χ1v) is 6.77. The number of hydrogen-bond donors (Lipinski definition) is 3. The molecule has 0 aliphatic carbocycles. The maximum Gasteiger partial charge on any atom is 0.326 e. The summed E-state index contributed by atoms with van der Waals surface area (Å²) in [5.41, 5.74) is 0. The number of likely N-dealkylation sites (tertiary alicyclic amines) is 1. The third kappa shape index (κ3) is 2.72. The molecule has 6 nitrogen and oxygen atoms in total. The number of rotatable bonds is 2. The Balaban J connectivity index is 2.04. The molecule has 3 N–H and O–H groups in total. The van der Waals surface area contributed by atoms with Gasteiger partial charge in [-0.3, -0.25) is 4.79 Å². The number of thioether (sulfide) groups is 1. The summed E-state index contributed by atoms with van der Waals surface area (Å²) in [6.07, 6.45) is -0.600.